The van der Waals surface area contributed by atoms with Gasteiger partial charge >= 0.3 is 0 Å². The molecule has 2 aromatic carbocycles. The van der Waals surface area contributed by atoms with Crippen molar-refractivity contribution in [3.8, 4) is 17.1 Å². The summed E-state index contributed by atoms with van der Waals surface area (Å²) in [5.41, 5.74) is 4.51. The van der Waals surface area contributed by atoms with Crippen LogP contribution in [0, 0.1) is 23.7 Å². The van der Waals surface area contributed by atoms with Crippen molar-refractivity contribution in [2.75, 3.05) is 19.0 Å². The number of hydrogen-bond acceptors (Lipinski definition) is 9. The van der Waals surface area contributed by atoms with E-state index < -0.39 is 58.3 Å². The van der Waals surface area contributed by atoms with Gasteiger partial charge in [-0.05, 0) is 42.5 Å². The molecule has 3 aliphatic rings. The minimum absolute atomic E-state index is 0.0417. The third kappa shape index (κ3) is 3.34. The Morgan fingerprint density at radius 2 is 1.79 bits per heavy atom. The number of anilines is 1. The zero-order valence-electron chi connectivity index (χ0n) is 21.3. The Bertz CT molecular complexity index is 1600. The number of hydrogen-bond donors (Lipinski definition) is 3. The van der Waals surface area contributed by atoms with Crippen LogP contribution in [0.4, 0.5) is 5.69 Å². The van der Waals surface area contributed by atoms with Gasteiger partial charge in [0.2, 0.25) is 5.91 Å². The first-order valence-corrected chi connectivity index (χ1v) is 12.7. The fourth-order valence-corrected chi connectivity index (χ4v) is 6.72. The monoisotopic (exact) mass is 530 g/mol. The molecule has 0 bridgehead atoms. The maximum Gasteiger partial charge on any atom is 0.235 e. The van der Waals surface area contributed by atoms with Crippen molar-refractivity contribution in [3.63, 3.8) is 0 Å². The van der Waals surface area contributed by atoms with E-state index in [1.165, 1.54) is 0 Å². The number of aromatic hydroxyl groups is 1. The number of nitrogens with zero attached hydrogens (tertiary/aromatic N) is 1. The standard InChI is InChI=1S/C29H26N2O8/c1-31(2)17-11-16(20-9-12-5-3-4-6-19(12)39-20)24(33)22-15(17)8-13-7-14-10-18(32)23(28(30)37)27(36)29(14,38)26(35)21(13)25(22)34/h3-6,9,11,13-14,21,23,33,38H,7-8,10H2,1-2H3,(H2,30,37)/t13-,14+,21?,23?,29+/m1/s1. The molecule has 3 aliphatic carbocycles. The Kier molecular flexibility index (Phi) is 5.35. The van der Waals surface area contributed by atoms with Crippen LogP contribution in [-0.4, -0.2) is 58.9 Å². The normalized spacial score (nSPS) is 28.2. The van der Waals surface area contributed by atoms with E-state index in [9.17, 15) is 34.2 Å². The van der Waals surface area contributed by atoms with Crippen LogP contribution in [0.15, 0.2) is 40.8 Å². The molecule has 39 heavy (non-hydrogen) atoms. The average Bonchev–Trinajstić information content (AvgIpc) is 3.30. The minimum Gasteiger partial charge on any atom is -0.506 e. The second kappa shape index (κ2) is 8.34. The van der Waals surface area contributed by atoms with Crippen LogP contribution < -0.4 is 10.6 Å². The second-order valence-electron chi connectivity index (χ2n) is 10.9. The van der Waals surface area contributed by atoms with Crippen LogP contribution in [-0.2, 0) is 25.6 Å². The van der Waals surface area contributed by atoms with Crippen molar-refractivity contribution in [3.05, 3.63) is 47.5 Å². The third-order valence-corrected chi connectivity index (χ3v) is 8.55. The summed E-state index contributed by atoms with van der Waals surface area (Å²) in [7, 11) is 3.58. The number of carbonyl (C=O) groups is 5. The summed E-state index contributed by atoms with van der Waals surface area (Å²) in [5.74, 6) is -10.1. The molecule has 3 aromatic rings. The van der Waals surface area contributed by atoms with Crippen molar-refractivity contribution in [2.24, 2.45) is 29.4 Å². The number of nitrogens with two attached hydrogens (primary N) is 1. The Morgan fingerprint density at radius 1 is 1.08 bits per heavy atom. The van der Waals surface area contributed by atoms with Gasteiger partial charge in [-0.25, -0.2) is 0 Å². The lowest BCUT2D eigenvalue weighted by molar-refractivity contribution is -0.175. The van der Waals surface area contributed by atoms with Crippen molar-refractivity contribution < 1.29 is 38.6 Å². The number of fused-ring (bicyclic) bond motifs is 4. The van der Waals surface area contributed by atoms with Crippen molar-refractivity contribution in [1.29, 1.82) is 0 Å². The van der Waals surface area contributed by atoms with Gasteiger partial charge in [0.25, 0.3) is 0 Å². The fraction of sp³-hybridized carbons (Fsp3) is 0.345. The summed E-state index contributed by atoms with van der Waals surface area (Å²) in [4.78, 5) is 67.1. The van der Waals surface area contributed by atoms with E-state index in [1.807, 2.05) is 18.2 Å². The number of aliphatic hydroxyl groups is 1. The van der Waals surface area contributed by atoms with E-state index in [0.29, 0.717) is 22.6 Å². The van der Waals surface area contributed by atoms with Crippen LogP contribution in [0.5, 0.6) is 5.75 Å². The zero-order valence-corrected chi connectivity index (χ0v) is 21.3. The minimum atomic E-state index is -2.68. The fourth-order valence-electron chi connectivity index (χ4n) is 6.72. The highest BCUT2D eigenvalue weighted by molar-refractivity contribution is 6.31. The summed E-state index contributed by atoms with van der Waals surface area (Å²) < 4.78 is 5.95. The van der Waals surface area contributed by atoms with Gasteiger partial charge in [-0.15, -0.1) is 0 Å². The highest BCUT2D eigenvalue weighted by atomic mass is 16.3. The zero-order chi connectivity index (χ0) is 28.0. The number of amides is 1. The lowest BCUT2D eigenvalue weighted by atomic mass is 9.53. The number of ketones is 4. The van der Waals surface area contributed by atoms with E-state index in [2.05, 4.69) is 0 Å². The average molecular weight is 531 g/mol. The molecule has 10 nitrogen and oxygen atoms in total. The number of furan rings is 1. The van der Waals surface area contributed by atoms with Gasteiger partial charge in [-0.3, -0.25) is 24.0 Å². The first-order valence-electron chi connectivity index (χ1n) is 12.7. The smallest absolute Gasteiger partial charge is 0.235 e. The number of Topliss-reactive ketones (excluding diaryl/α,β-unsaturated/α-hetero) is 4. The lowest BCUT2D eigenvalue weighted by Gasteiger charge is -2.48. The molecule has 0 aliphatic heterocycles. The van der Waals surface area contributed by atoms with E-state index in [0.717, 1.165) is 5.39 Å². The molecule has 1 aromatic heterocycles. The topological polar surface area (TPSA) is 168 Å². The SMILES string of the molecule is CN(C)c1cc(-c2cc3ccccc3o2)c(O)c2c1C[C@H]1C[C@H]3CC(=O)C(C(N)=O)C(=O)[C@@]3(O)C(=O)C1C2=O. The van der Waals surface area contributed by atoms with Gasteiger partial charge in [0.05, 0.1) is 17.0 Å². The van der Waals surface area contributed by atoms with Crippen LogP contribution in [0.3, 0.4) is 0 Å². The molecule has 1 amide bonds. The van der Waals surface area contributed by atoms with Gasteiger partial charge in [0.15, 0.2) is 34.7 Å². The first kappa shape index (κ1) is 25.0. The number of benzene rings is 2. The first-order chi connectivity index (χ1) is 18.4. The number of primary amides is 1. The van der Waals surface area contributed by atoms with E-state index in [-0.39, 0.29) is 36.1 Å². The summed E-state index contributed by atoms with van der Waals surface area (Å²) in [5, 5.41) is 23.6. The molecule has 2 saturated carbocycles. The quantitative estimate of drug-likeness (QED) is 0.428. The Hall–Kier alpha value is -4.31. The molecular formula is C29H26N2O8. The molecule has 6 rings (SSSR count). The largest absolute Gasteiger partial charge is 0.506 e. The maximum atomic E-state index is 14.0. The van der Waals surface area contributed by atoms with Gasteiger partial charge in [-0.2, -0.15) is 0 Å². The summed E-state index contributed by atoms with van der Waals surface area (Å²) in [6, 6.07) is 10.8. The van der Waals surface area contributed by atoms with Crippen LogP contribution >= 0.6 is 0 Å². The number of rotatable bonds is 3. The summed E-state index contributed by atoms with van der Waals surface area (Å²) >= 11 is 0. The number of carbonyl (C=O) groups excluding carboxylic acids is 5. The van der Waals surface area contributed by atoms with Gasteiger partial charge in [-0.1, -0.05) is 18.2 Å². The van der Waals surface area contributed by atoms with Gasteiger partial charge in [0.1, 0.15) is 17.1 Å². The number of phenolic OH excluding ortho intramolecular Hbond substituents is 1. The molecule has 5 atom stereocenters. The molecule has 0 radical (unpaired) electrons. The summed E-state index contributed by atoms with van der Waals surface area (Å²) in [6.45, 7) is 0. The molecule has 2 fully saturated rings. The van der Waals surface area contributed by atoms with Crippen LogP contribution in [0.2, 0.25) is 0 Å². The van der Waals surface area contributed by atoms with E-state index in [1.54, 1.807) is 37.2 Å². The third-order valence-electron chi connectivity index (χ3n) is 8.55. The Labute approximate surface area is 222 Å². The van der Waals surface area contributed by atoms with Crippen molar-refractivity contribution in [1.82, 2.24) is 0 Å². The van der Waals surface area contributed by atoms with Gasteiger partial charge < -0.3 is 25.3 Å². The predicted molar refractivity (Wildman–Crippen MR) is 138 cm³/mol. The van der Waals surface area contributed by atoms with Crippen LogP contribution in [0.1, 0.15) is 28.8 Å². The van der Waals surface area contributed by atoms with Crippen molar-refractivity contribution in [2.45, 2.75) is 24.9 Å². The Morgan fingerprint density at radius 3 is 2.46 bits per heavy atom. The molecule has 200 valence electrons. The maximum absolute atomic E-state index is 14.0. The molecule has 1 heterocycles. The lowest BCUT2D eigenvalue weighted by Crippen LogP contribution is -2.68. The molecule has 0 spiro atoms. The predicted octanol–water partition coefficient (Wildman–Crippen LogP) is 1.81. The molecule has 2 unspecified atom stereocenters. The van der Waals surface area contributed by atoms with E-state index in [4.69, 9.17) is 10.2 Å². The van der Waals surface area contributed by atoms with Gasteiger partial charge in [0, 0.05) is 37.5 Å². The Balaban J connectivity index is 1.50. The molecule has 10 heteroatoms. The van der Waals surface area contributed by atoms with E-state index >= 15 is 0 Å². The number of para-hydroxylation sites is 1. The highest BCUT2D eigenvalue weighted by Gasteiger charge is 2.66. The summed E-state index contributed by atoms with van der Waals surface area (Å²) in [6.07, 6.45) is -0.129. The molecule has 0 saturated heterocycles. The number of phenols is 1. The molecule has 4 N–H and O–H groups in total. The van der Waals surface area contributed by atoms with Crippen LogP contribution in [0.25, 0.3) is 22.3 Å². The van der Waals surface area contributed by atoms with Crippen molar-refractivity contribution >= 4 is 45.7 Å². The molecular weight excluding hydrogens is 504 g/mol. The second-order valence-corrected chi connectivity index (χ2v) is 10.9. The highest BCUT2D eigenvalue weighted by Crippen LogP contribution is 2.52.